The minimum Gasteiger partial charge on any atom is -0.477 e. The second-order valence-electron chi connectivity index (χ2n) is 3.41. The van der Waals surface area contributed by atoms with Gasteiger partial charge in [0.25, 0.3) is 5.91 Å². The summed E-state index contributed by atoms with van der Waals surface area (Å²) in [5.41, 5.74) is 0.162. The zero-order valence-corrected chi connectivity index (χ0v) is 9.20. The van der Waals surface area contributed by atoms with Crippen molar-refractivity contribution in [3.05, 3.63) is 54.0 Å². The lowest BCUT2D eigenvalue weighted by Gasteiger charge is -2.03. The summed E-state index contributed by atoms with van der Waals surface area (Å²) in [5.74, 6) is -1.10. The predicted octanol–water partition coefficient (Wildman–Crippen LogP) is 1.43. The van der Waals surface area contributed by atoms with Crippen molar-refractivity contribution in [3.8, 4) is 0 Å². The number of aromatic carboxylic acids is 1. The second kappa shape index (κ2) is 5.05. The van der Waals surface area contributed by atoms with Crippen LogP contribution in [0, 0.1) is 0 Å². The van der Waals surface area contributed by atoms with E-state index in [2.05, 4.69) is 15.3 Å². The average molecular weight is 243 g/mol. The Kier molecular flexibility index (Phi) is 3.29. The molecule has 6 heteroatoms. The third-order valence-electron chi connectivity index (χ3n) is 2.15. The van der Waals surface area contributed by atoms with Crippen LogP contribution in [0.2, 0.25) is 0 Å². The SMILES string of the molecule is O=C(Nc1ccccn1)c1ccc(C(=O)O)nc1. The summed E-state index contributed by atoms with van der Waals surface area (Å²) < 4.78 is 0. The molecule has 0 saturated carbocycles. The van der Waals surface area contributed by atoms with Crippen LogP contribution in [0.5, 0.6) is 0 Å². The van der Waals surface area contributed by atoms with Gasteiger partial charge >= 0.3 is 5.97 Å². The molecule has 0 radical (unpaired) electrons. The number of nitrogens with zero attached hydrogens (tertiary/aromatic N) is 2. The fourth-order valence-electron chi connectivity index (χ4n) is 1.28. The van der Waals surface area contributed by atoms with Crippen molar-refractivity contribution in [2.45, 2.75) is 0 Å². The molecule has 0 spiro atoms. The minimum atomic E-state index is -1.13. The van der Waals surface area contributed by atoms with Crippen LogP contribution in [-0.2, 0) is 0 Å². The van der Waals surface area contributed by atoms with Gasteiger partial charge in [-0.25, -0.2) is 14.8 Å². The molecule has 2 aromatic rings. The number of aromatic nitrogens is 2. The number of pyridine rings is 2. The molecular formula is C12H9N3O3. The van der Waals surface area contributed by atoms with Gasteiger partial charge < -0.3 is 10.4 Å². The normalized spacial score (nSPS) is 9.78. The molecule has 2 N–H and O–H groups in total. The first-order valence-electron chi connectivity index (χ1n) is 5.08. The van der Waals surface area contributed by atoms with Crippen LogP contribution in [0.1, 0.15) is 20.8 Å². The molecule has 2 rings (SSSR count). The first-order valence-corrected chi connectivity index (χ1v) is 5.08. The Morgan fingerprint density at radius 3 is 2.50 bits per heavy atom. The maximum Gasteiger partial charge on any atom is 0.354 e. The van der Waals surface area contributed by atoms with E-state index in [-0.39, 0.29) is 11.3 Å². The average Bonchev–Trinajstić information content (AvgIpc) is 2.40. The molecule has 2 aromatic heterocycles. The highest BCUT2D eigenvalue weighted by Gasteiger charge is 2.09. The smallest absolute Gasteiger partial charge is 0.354 e. The minimum absolute atomic E-state index is 0.107. The van der Waals surface area contributed by atoms with Gasteiger partial charge in [-0.2, -0.15) is 0 Å². The lowest BCUT2D eigenvalue weighted by molar-refractivity contribution is 0.0690. The Bertz CT molecular complexity index is 567. The fraction of sp³-hybridized carbons (Fsp3) is 0. The molecule has 0 aromatic carbocycles. The van der Waals surface area contributed by atoms with Gasteiger partial charge in [0.2, 0.25) is 0 Å². The molecule has 18 heavy (non-hydrogen) atoms. The topological polar surface area (TPSA) is 92.2 Å². The number of rotatable bonds is 3. The van der Waals surface area contributed by atoms with E-state index < -0.39 is 11.9 Å². The molecular weight excluding hydrogens is 234 g/mol. The zero-order valence-electron chi connectivity index (χ0n) is 9.20. The Balaban J connectivity index is 2.12. The maximum absolute atomic E-state index is 11.8. The molecule has 0 bridgehead atoms. The van der Waals surface area contributed by atoms with Gasteiger partial charge in [-0.3, -0.25) is 4.79 Å². The Hall–Kier alpha value is -2.76. The Morgan fingerprint density at radius 2 is 1.94 bits per heavy atom. The highest BCUT2D eigenvalue weighted by atomic mass is 16.4. The van der Waals surface area contributed by atoms with E-state index >= 15 is 0 Å². The number of nitrogens with one attached hydrogen (secondary N) is 1. The van der Waals surface area contributed by atoms with Gasteiger partial charge in [-0.1, -0.05) is 6.07 Å². The summed E-state index contributed by atoms with van der Waals surface area (Å²) in [6, 6.07) is 7.80. The number of carbonyl (C=O) groups is 2. The van der Waals surface area contributed by atoms with Crippen molar-refractivity contribution in [3.63, 3.8) is 0 Å². The van der Waals surface area contributed by atoms with Gasteiger partial charge in [-0.05, 0) is 24.3 Å². The van der Waals surface area contributed by atoms with Crippen LogP contribution >= 0.6 is 0 Å². The lowest BCUT2D eigenvalue weighted by atomic mass is 10.2. The van der Waals surface area contributed by atoms with Crippen LogP contribution in [0.3, 0.4) is 0 Å². The van der Waals surface area contributed by atoms with E-state index in [1.807, 2.05) is 0 Å². The van der Waals surface area contributed by atoms with E-state index in [0.717, 1.165) is 0 Å². The summed E-state index contributed by atoms with van der Waals surface area (Å²) in [6.45, 7) is 0. The van der Waals surface area contributed by atoms with Crippen LogP contribution in [0.25, 0.3) is 0 Å². The third kappa shape index (κ3) is 2.67. The van der Waals surface area contributed by atoms with E-state index in [1.54, 1.807) is 24.4 Å². The zero-order chi connectivity index (χ0) is 13.0. The number of carbonyl (C=O) groups excluding carboxylic acids is 1. The van der Waals surface area contributed by atoms with Crippen molar-refractivity contribution in [2.75, 3.05) is 5.32 Å². The van der Waals surface area contributed by atoms with Crippen molar-refractivity contribution >= 4 is 17.7 Å². The standard InChI is InChI=1S/C12H9N3O3/c16-11(15-10-3-1-2-6-13-10)8-4-5-9(12(17)18)14-7-8/h1-7H,(H,17,18)(H,13,15,16). The third-order valence-corrected chi connectivity index (χ3v) is 2.15. The quantitative estimate of drug-likeness (QED) is 0.850. The summed E-state index contributed by atoms with van der Waals surface area (Å²) in [7, 11) is 0. The van der Waals surface area contributed by atoms with Gasteiger partial charge in [0.05, 0.1) is 5.56 Å². The molecule has 1 amide bonds. The molecule has 90 valence electrons. The molecule has 0 aliphatic carbocycles. The van der Waals surface area contributed by atoms with Crippen LogP contribution in [-0.4, -0.2) is 27.0 Å². The first-order chi connectivity index (χ1) is 8.66. The van der Waals surface area contributed by atoms with Crippen molar-refractivity contribution in [1.82, 2.24) is 9.97 Å². The van der Waals surface area contributed by atoms with Crippen LogP contribution in [0.15, 0.2) is 42.7 Å². The highest BCUT2D eigenvalue weighted by Crippen LogP contribution is 2.05. The maximum atomic E-state index is 11.8. The van der Waals surface area contributed by atoms with Gasteiger partial charge in [-0.15, -0.1) is 0 Å². The van der Waals surface area contributed by atoms with E-state index in [1.165, 1.54) is 18.3 Å². The number of hydrogen-bond acceptors (Lipinski definition) is 4. The number of anilines is 1. The van der Waals surface area contributed by atoms with Gasteiger partial charge in [0.1, 0.15) is 11.5 Å². The van der Waals surface area contributed by atoms with Crippen LogP contribution in [0.4, 0.5) is 5.82 Å². The lowest BCUT2D eigenvalue weighted by Crippen LogP contribution is -2.13. The van der Waals surface area contributed by atoms with E-state index in [9.17, 15) is 9.59 Å². The van der Waals surface area contributed by atoms with Gasteiger partial charge in [0.15, 0.2) is 0 Å². The number of hydrogen-bond donors (Lipinski definition) is 2. The molecule has 0 aliphatic heterocycles. The van der Waals surface area contributed by atoms with Crippen LogP contribution < -0.4 is 5.32 Å². The largest absolute Gasteiger partial charge is 0.477 e. The summed E-state index contributed by atoms with van der Waals surface area (Å²) in [6.07, 6.45) is 2.77. The molecule has 0 fully saturated rings. The van der Waals surface area contributed by atoms with E-state index in [0.29, 0.717) is 5.82 Å². The molecule has 0 saturated heterocycles. The molecule has 0 unspecified atom stereocenters. The second-order valence-corrected chi connectivity index (χ2v) is 3.41. The summed E-state index contributed by atoms with van der Waals surface area (Å²) in [5, 5.41) is 11.2. The summed E-state index contributed by atoms with van der Waals surface area (Å²) >= 11 is 0. The Morgan fingerprint density at radius 1 is 1.11 bits per heavy atom. The number of carboxylic acids is 1. The molecule has 2 heterocycles. The van der Waals surface area contributed by atoms with E-state index in [4.69, 9.17) is 5.11 Å². The number of carboxylic acid groups (broad SMARTS) is 1. The Labute approximate surface area is 102 Å². The molecule has 0 atom stereocenters. The molecule has 6 nitrogen and oxygen atoms in total. The van der Waals surface area contributed by atoms with Crippen molar-refractivity contribution < 1.29 is 14.7 Å². The first kappa shape index (κ1) is 11.7. The van der Waals surface area contributed by atoms with Crippen molar-refractivity contribution in [1.29, 1.82) is 0 Å². The monoisotopic (exact) mass is 243 g/mol. The molecule has 0 aliphatic rings. The highest BCUT2D eigenvalue weighted by molar-refractivity contribution is 6.03. The van der Waals surface area contributed by atoms with Gasteiger partial charge in [0, 0.05) is 12.4 Å². The van der Waals surface area contributed by atoms with Crippen molar-refractivity contribution in [2.24, 2.45) is 0 Å². The summed E-state index contributed by atoms with van der Waals surface area (Å²) in [4.78, 5) is 30.0. The number of amides is 1. The predicted molar refractivity (Wildman–Crippen MR) is 63.4 cm³/mol. The fourth-order valence-corrected chi connectivity index (χ4v) is 1.28.